The predicted octanol–water partition coefficient (Wildman–Crippen LogP) is 15.7. The van der Waals surface area contributed by atoms with Crippen molar-refractivity contribution in [2.45, 2.75) is 314 Å². The molecule has 4 aliphatic heterocycles. The summed E-state index contributed by atoms with van der Waals surface area (Å²) in [5, 5.41) is 22.7. The van der Waals surface area contributed by atoms with Gasteiger partial charge in [0.2, 0.25) is 0 Å². The number of ether oxygens (including phenoxy) is 9. The second-order valence-corrected chi connectivity index (χ2v) is 38.9. The number of hydrogen-bond acceptors (Lipinski definition) is 13. The fourth-order valence-corrected chi connectivity index (χ4v) is 15.3. The Morgan fingerprint density at radius 1 is 0.605 bits per heavy atom. The number of rotatable bonds is 25. The molecule has 0 unspecified atom stereocenters. The summed E-state index contributed by atoms with van der Waals surface area (Å²) in [7, 11) is -4.33. The third-order valence-corrected chi connectivity index (χ3v) is 27.1. The molecule has 13 nitrogen and oxygen atoms in total. The van der Waals surface area contributed by atoms with Crippen LogP contribution in [0.15, 0.2) is 60.7 Å². The molecule has 0 amide bonds. The zero-order valence-corrected chi connectivity index (χ0v) is 55.6. The number of hydrogen-bond donors (Lipinski definition) is 0. The summed E-state index contributed by atoms with van der Waals surface area (Å²) >= 11 is 0. The molecule has 456 valence electrons. The molecule has 0 aromatic heterocycles. The lowest BCUT2D eigenvalue weighted by molar-refractivity contribution is -0.355. The van der Waals surface area contributed by atoms with Gasteiger partial charge in [0.05, 0.1) is 68.1 Å². The van der Waals surface area contributed by atoms with Crippen LogP contribution in [-0.4, -0.2) is 107 Å². The van der Waals surface area contributed by atoms with E-state index in [1.807, 2.05) is 65.8 Å². The van der Waals surface area contributed by atoms with Crippen LogP contribution in [0.1, 0.15) is 192 Å². The van der Waals surface area contributed by atoms with E-state index in [9.17, 15) is 10.5 Å². The van der Waals surface area contributed by atoms with Crippen molar-refractivity contribution in [3.8, 4) is 12.1 Å². The molecule has 0 radical (unpaired) electrons. The van der Waals surface area contributed by atoms with Crippen LogP contribution in [0.25, 0.3) is 0 Å². The van der Waals surface area contributed by atoms with Crippen LogP contribution in [0.2, 0.25) is 36.3 Å². The molecule has 2 aromatic rings. The maximum Gasteiger partial charge on any atom is 0.192 e. The van der Waals surface area contributed by atoms with E-state index in [1.54, 1.807) is 0 Å². The fraction of sp³-hybridized carbons (Fsp3) is 0.788. The Bertz CT molecular complexity index is 2340. The smallest absolute Gasteiger partial charge is 0.192 e. The zero-order chi connectivity index (χ0) is 59.9. The molecule has 4 fully saturated rings. The molecule has 2 aromatic carbocycles. The molecule has 0 aliphatic carbocycles. The highest BCUT2D eigenvalue weighted by Gasteiger charge is 2.55. The van der Waals surface area contributed by atoms with Gasteiger partial charge in [0, 0.05) is 57.3 Å². The van der Waals surface area contributed by atoms with E-state index in [-0.39, 0.29) is 84.1 Å². The van der Waals surface area contributed by atoms with Gasteiger partial charge in [-0.1, -0.05) is 123 Å². The number of nitrogens with zero attached hydrogens (tertiary/aromatic N) is 2. The van der Waals surface area contributed by atoms with Gasteiger partial charge >= 0.3 is 0 Å². The van der Waals surface area contributed by atoms with Gasteiger partial charge in [0.15, 0.2) is 45.2 Å². The van der Waals surface area contributed by atoms with Crippen LogP contribution in [0, 0.1) is 34.5 Å². The summed E-state index contributed by atoms with van der Waals surface area (Å²) in [6.07, 6.45) is 5.37. The lowest BCUT2D eigenvalue weighted by atomic mass is 9.80. The first-order valence-corrected chi connectivity index (χ1v) is 36.6. The second-order valence-electron chi connectivity index (χ2n) is 29.3. The Kier molecular flexibility index (Phi) is 22.9. The topological polar surface area (TPSA) is 149 Å². The van der Waals surface area contributed by atoms with Crippen LogP contribution in [0.5, 0.6) is 0 Å². The summed E-state index contributed by atoms with van der Waals surface area (Å²) in [6.45, 7) is 42.9. The second kappa shape index (κ2) is 27.4. The quantitative estimate of drug-likeness (QED) is 0.0686. The van der Waals surface area contributed by atoms with E-state index >= 15 is 0 Å². The van der Waals surface area contributed by atoms with Crippen molar-refractivity contribution < 1.29 is 51.5 Å². The molecular weight excluding hydrogens is 1050 g/mol. The normalized spacial score (nSPS) is 30.2. The van der Waals surface area contributed by atoms with E-state index in [1.165, 1.54) is 5.56 Å². The van der Waals surface area contributed by atoms with Crippen molar-refractivity contribution in [3.63, 3.8) is 0 Å². The fourth-order valence-electron chi connectivity index (χ4n) is 12.5. The maximum atomic E-state index is 11.3. The minimum atomic E-state index is -2.24. The van der Waals surface area contributed by atoms with Crippen molar-refractivity contribution in [2.75, 3.05) is 6.61 Å². The molecule has 81 heavy (non-hydrogen) atoms. The summed E-state index contributed by atoms with van der Waals surface area (Å²) in [5.74, 6) is -2.55. The monoisotopic (exact) mass is 1160 g/mol. The van der Waals surface area contributed by atoms with Crippen molar-refractivity contribution >= 4 is 16.6 Å². The summed E-state index contributed by atoms with van der Waals surface area (Å²) in [5.41, 5.74) is -0.256. The van der Waals surface area contributed by atoms with Gasteiger partial charge in [-0.15, -0.1) is 0 Å². The summed E-state index contributed by atoms with van der Waals surface area (Å²) in [6, 6.07) is 25.9. The molecule has 0 N–H and O–H groups in total. The highest BCUT2D eigenvalue weighted by molar-refractivity contribution is 6.74. The first-order chi connectivity index (χ1) is 37.5. The minimum absolute atomic E-state index is 0.00870. The largest absolute Gasteiger partial charge is 0.414 e. The van der Waals surface area contributed by atoms with E-state index in [0.29, 0.717) is 51.4 Å². The van der Waals surface area contributed by atoms with Gasteiger partial charge in [-0.25, -0.2) is 0 Å². The third kappa shape index (κ3) is 20.0. The van der Waals surface area contributed by atoms with Crippen molar-refractivity contribution in [2.24, 2.45) is 11.8 Å². The summed E-state index contributed by atoms with van der Waals surface area (Å²) < 4.78 is 74.5. The van der Waals surface area contributed by atoms with Crippen LogP contribution in [0.4, 0.5) is 0 Å². The highest BCUT2D eigenvalue weighted by Crippen LogP contribution is 2.48. The predicted molar refractivity (Wildman–Crippen MR) is 324 cm³/mol. The molecule has 15 heteroatoms. The molecule has 4 aliphatic rings. The first-order valence-electron chi connectivity index (χ1n) is 30.8. The van der Waals surface area contributed by atoms with E-state index < -0.39 is 51.3 Å². The maximum absolute atomic E-state index is 11.3. The average molecular weight is 1160 g/mol. The Hall–Kier alpha value is -2.59. The lowest BCUT2D eigenvalue weighted by Gasteiger charge is -2.51. The molecule has 12 atom stereocenters. The van der Waals surface area contributed by atoms with Crippen LogP contribution >= 0.6 is 0 Å². The average Bonchev–Trinajstić information content (AvgIpc) is 3.51. The van der Waals surface area contributed by atoms with Crippen LogP contribution in [0.3, 0.4) is 0 Å². The van der Waals surface area contributed by atoms with Gasteiger partial charge < -0.3 is 51.5 Å². The van der Waals surface area contributed by atoms with Crippen molar-refractivity contribution in [1.29, 1.82) is 10.5 Å². The molecule has 0 saturated carbocycles. The molecule has 4 heterocycles. The van der Waals surface area contributed by atoms with Gasteiger partial charge in [-0.05, 0) is 139 Å². The van der Waals surface area contributed by atoms with Crippen molar-refractivity contribution in [1.82, 2.24) is 0 Å². The van der Waals surface area contributed by atoms with Gasteiger partial charge in [0.25, 0.3) is 0 Å². The Morgan fingerprint density at radius 3 is 1.67 bits per heavy atom. The summed E-state index contributed by atoms with van der Waals surface area (Å²) in [4.78, 5) is 0. The molecule has 6 rings (SSSR count). The van der Waals surface area contributed by atoms with E-state index in [4.69, 9.17) is 51.5 Å². The standard InChI is InChI=1S/C66H108N2O11Si2/c1-47(2)59(70-44-50-28-24-21-25-29-50)48(3)30-31-52(76-80(16,17)60(4,5)6)35-56-39-65(45-67,78-63(12,13)74-56)41-58-42-66(46-68,79-64(14,15)75-58)40-57-38-54(72-62(10,11)73-57)36-53-37-55(77-81(18,19)61(7,8)9)34-51(71-53)32-33-69-43-49-26-22-20-23-27-49/h20-29,47-48,51-59H,30-44H2,1-19H3/t48-,51+,52-,53-,54-,55-,56-,57+,58+,59-,65-,66-/m0/s1. The van der Waals surface area contributed by atoms with Crippen molar-refractivity contribution in [3.05, 3.63) is 71.8 Å². The first kappa shape index (κ1) is 67.5. The Morgan fingerprint density at radius 2 is 1.11 bits per heavy atom. The van der Waals surface area contributed by atoms with Crippen LogP contribution < -0.4 is 0 Å². The van der Waals surface area contributed by atoms with Gasteiger partial charge in [0.1, 0.15) is 0 Å². The highest BCUT2D eigenvalue weighted by atomic mass is 28.4. The zero-order valence-electron chi connectivity index (χ0n) is 53.6. The van der Waals surface area contributed by atoms with Crippen LogP contribution in [-0.2, 0) is 64.7 Å². The van der Waals surface area contributed by atoms with Gasteiger partial charge in [-0.3, -0.25) is 0 Å². The molecular formula is C66H108N2O11Si2. The minimum Gasteiger partial charge on any atom is -0.414 e. The number of benzene rings is 2. The molecule has 4 saturated heterocycles. The Balaban J connectivity index is 1.15. The van der Waals surface area contributed by atoms with Gasteiger partial charge in [-0.2, -0.15) is 10.5 Å². The molecule has 0 bridgehead atoms. The number of nitriles is 2. The molecule has 0 spiro atoms. The van der Waals surface area contributed by atoms with E-state index in [0.717, 1.165) is 37.7 Å². The Labute approximate surface area is 492 Å². The third-order valence-electron chi connectivity index (χ3n) is 18.0. The lowest BCUT2D eigenvalue weighted by Crippen LogP contribution is -2.58. The van der Waals surface area contributed by atoms with E-state index in [2.05, 4.69) is 137 Å². The SMILES string of the molecule is CC(C)[C@H](OCc1ccccc1)[C@@H](C)CC[C@@H](C[C@H]1C[C@@](C#N)(C[C@@H]2C[C@](C#N)(C[C@H]3C[C@H](C[C@H]4C[C@@H](O[Si](C)(C)C(C)(C)C)C[C@@H](CCOCc5ccccc5)O4)OC(C)(C)O3)OC(C)(C)O2)OC(C)(C)O1)O[Si](C)(C)C(C)(C)C.